The molecule has 0 aromatic carbocycles. The molecule has 2 aliphatic rings. The Kier molecular flexibility index (Phi) is 1.86. The minimum absolute atomic E-state index is 0.278. The normalized spacial score (nSPS) is 29.0. The summed E-state index contributed by atoms with van der Waals surface area (Å²) in [6.07, 6.45) is 2.92. The molecule has 13 heavy (non-hydrogen) atoms. The molecule has 72 valence electrons. The predicted molar refractivity (Wildman–Crippen MR) is 49.0 cm³/mol. The fraction of sp³-hybridized carbons (Fsp3) is 0.900. The molecule has 2 fully saturated rings. The average Bonchev–Trinajstić information content (AvgIpc) is 2.65. The van der Waals surface area contributed by atoms with Crippen LogP contribution in [0.2, 0.25) is 0 Å². The number of nitrogens with zero attached hydrogens (tertiary/aromatic N) is 2. The Labute approximate surface area is 79.0 Å². The van der Waals surface area contributed by atoms with Gasteiger partial charge in [0, 0.05) is 19.6 Å². The fourth-order valence-electron chi connectivity index (χ4n) is 2.07. The molecular weight excluding hydrogens is 164 g/mol. The maximum absolute atomic E-state index is 9.73. The summed E-state index contributed by atoms with van der Waals surface area (Å²) in [5.74, 6) is 0. The van der Waals surface area contributed by atoms with Crippen molar-refractivity contribution in [2.24, 2.45) is 5.41 Å². The Bertz CT molecular complexity index is 246. The molecule has 0 aromatic rings. The summed E-state index contributed by atoms with van der Waals surface area (Å²) < 4.78 is 0. The minimum Gasteiger partial charge on any atom is -0.386 e. The van der Waals surface area contributed by atoms with Crippen molar-refractivity contribution < 1.29 is 5.11 Å². The van der Waals surface area contributed by atoms with Gasteiger partial charge in [0.05, 0.1) is 12.5 Å². The third kappa shape index (κ3) is 1.84. The van der Waals surface area contributed by atoms with Crippen molar-refractivity contribution in [3.63, 3.8) is 0 Å². The minimum atomic E-state index is -0.694. The smallest absolute Gasteiger partial charge is 0.103 e. The standard InChI is InChI=1S/C10H16N2O/c1-9(2-3-9)6-12-7-10(13,8-12)4-5-11/h13H,2-4,6-8H2,1H3. The SMILES string of the molecule is CC1(CN2CC(O)(CC#N)C2)CC1. The van der Waals surface area contributed by atoms with E-state index in [1.807, 2.05) is 6.07 Å². The third-order valence-corrected chi connectivity index (χ3v) is 3.15. The molecule has 1 N–H and O–H groups in total. The van der Waals surface area contributed by atoms with Crippen molar-refractivity contribution in [2.45, 2.75) is 31.8 Å². The van der Waals surface area contributed by atoms with Crippen LogP contribution in [0.4, 0.5) is 0 Å². The molecule has 1 aliphatic heterocycles. The van der Waals surface area contributed by atoms with E-state index < -0.39 is 5.60 Å². The van der Waals surface area contributed by atoms with Gasteiger partial charge in [0.25, 0.3) is 0 Å². The van der Waals surface area contributed by atoms with Crippen molar-refractivity contribution >= 4 is 0 Å². The van der Waals surface area contributed by atoms with Gasteiger partial charge in [-0.05, 0) is 18.3 Å². The summed E-state index contributed by atoms with van der Waals surface area (Å²) in [7, 11) is 0. The van der Waals surface area contributed by atoms with Gasteiger partial charge in [0.2, 0.25) is 0 Å². The van der Waals surface area contributed by atoms with Crippen molar-refractivity contribution in [3.05, 3.63) is 0 Å². The van der Waals surface area contributed by atoms with Crippen LogP contribution in [0.1, 0.15) is 26.2 Å². The van der Waals surface area contributed by atoms with Gasteiger partial charge in [0.15, 0.2) is 0 Å². The van der Waals surface area contributed by atoms with Crippen LogP contribution in [0.5, 0.6) is 0 Å². The first-order chi connectivity index (χ1) is 6.05. The Morgan fingerprint density at radius 1 is 1.46 bits per heavy atom. The monoisotopic (exact) mass is 180 g/mol. The first-order valence-electron chi connectivity index (χ1n) is 4.87. The molecule has 3 nitrogen and oxygen atoms in total. The zero-order valence-corrected chi connectivity index (χ0v) is 8.08. The van der Waals surface area contributed by atoms with E-state index in [2.05, 4.69) is 11.8 Å². The van der Waals surface area contributed by atoms with Gasteiger partial charge in [0.1, 0.15) is 5.60 Å². The van der Waals surface area contributed by atoms with Crippen LogP contribution in [0.15, 0.2) is 0 Å². The van der Waals surface area contributed by atoms with Gasteiger partial charge in [-0.2, -0.15) is 5.26 Å². The highest BCUT2D eigenvalue weighted by Gasteiger charge is 2.46. The molecule has 0 atom stereocenters. The maximum Gasteiger partial charge on any atom is 0.103 e. The first kappa shape index (κ1) is 8.98. The molecule has 1 saturated heterocycles. The predicted octanol–water partition coefficient (Wildman–Crippen LogP) is 0.747. The quantitative estimate of drug-likeness (QED) is 0.697. The van der Waals surface area contributed by atoms with Crippen molar-refractivity contribution in [1.82, 2.24) is 4.90 Å². The second-order valence-corrected chi connectivity index (χ2v) is 5.02. The topological polar surface area (TPSA) is 47.3 Å². The van der Waals surface area contributed by atoms with E-state index in [1.54, 1.807) is 0 Å². The molecule has 1 heterocycles. The Morgan fingerprint density at radius 2 is 2.08 bits per heavy atom. The molecule has 1 saturated carbocycles. The van der Waals surface area contributed by atoms with E-state index in [0.717, 1.165) is 6.54 Å². The third-order valence-electron chi connectivity index (χ3n) is 3.15. The second kappa shape index (κ2) is 2.70. The Balaban J connectivity index is 1.75. The van der Waals surface area contributed by atoms with Crippen molar-refractivity contribution in [1.29, 1.82) is 5.26 Å². The van der Waals surface area contributed by atoms with Gasteiger partial charge in [-0.3, -0.25) is 4.90 Å². The number of β-amino-alcohol motifs (C(OH)–C–C–N with tert-alkyl or cyclic N) is 1. The Morgan fingerprint density at radius 3 is 2.54 bits per heavy atom. The van der Waals surface area contributed by atoms with Gasteiger partial charge >= 0.3 is 0 Å². The zero-order valence-electron chi connectivity index (χ0n) is 8.08. The summed E-state index contributed by atoms with van der Waals surface area (Å²) >= 11 is 0. The summed E-state index contributed by atoms with van der Waals surface area (Å²) in [5, 5.41) is 18.2. The second-order valence-electron chi connectivity index (χ2n) is 5.02. The number of rotatable bonds is 3. The lowest BCUT2D eigenvalue weighted by atomic mass is 9.90. The first-order valence-corrected chi connectivity index (χ1v) is 4.87. The lowest BCUT2D eigenvalue weighted by molar-refractivity contribution is -0.0992. The number of nitriles is 1. The van der Waals surface area contributed by atoms with Crippen molar-refractivity contribution in [3.8, 4) is 6.07 Å². The Hall–Kier alpha value is -0.590. The number of aliphatic hydroxyl groups is 1. The number of hydrogen-bond donors (Lipinski definition) is 1. The van der Waals surface area contributed by atoms with Crippen LogP contribution >= 0.6 is 0 Å². The number of likely N-dealkylation sites (tertiary alicyclic amines) is 1. The molecule has 0 spiro atoms. The van der Waals surface area contributed by atoms with Crippen molar-refractivity contribution in [2.75, 3.05) is 19.6 Å². The van der Waals surface area contributed by atoms with Crippen LogP contribution < -0.4 is 0 Å². The lowest BCUT2D eigenvalue weighted by Gasteiger charge is -2.46. The molecule has 0 aromatic heterocycles. The van der Waals surface area contributed by atoms with E-state index in [4.69, 9.17) is 5.26 Å². The van der Waals surface area contributed by atoms with Gasteiger partial charge < -0.3 is 5.11 Å². The molecule has 0 radical (unpaired) electrons. The van der Waals surface area contributed by atoms with Crippen LogP contribution in [0.3, 0.4) is 0 Å². The molecule has 1 aliphatic carbocycles. The zero-order chi connectivity index (χ0) is 9.53. The molecule has 3 heteroatoms. The average molecular weight is 180 g/mol. The fourth-order valence-corrected chi connectivity index (χ4v) is 2.07. The molecule has 2 rings (SSSR count). The summed E-state index contributed by atoms with van der Waals surface area (Å²) in [5.41, 5.74) is -0.173. The molecule has 0 amide bonds. The molecular formula is C10H16N2O. The summed E-state index contributed by atoms with van der Waals surface area (Å²) in [4.78, 5) is 2.25. The van der Waals surface area contributed by atoms with E-state index >= 15 is 0 Å². The number of hydrogen-bond acceptors (Lipinski definition) is 3. The molecule has 0 bridgehead atoms. The summed E-state index contributed by atoms with van der Waals surface area (Å²) in [6, 6.07) is 2.03. The highest BCUT2D eigenvalue weighted by Crippen LogP contribution is 2.46. The molecule has 0 unspecified atom stereocenters. The van der Waals surface area contributed by atoms with Crippen LogP contribution in [-0.2, 0) is 0 Å². The van der Waals surface area contributed by atoms with Gasteiger partial charge in [-0.1, -0.05) is 6.92 Å². The van der Waals surface area contributed by atoms with E-state index in [-0.39, 0.29) is 6.42 Å². The van der Waals surface area contributed by atoms with Crippen LogP contribution in [0, 0.1) is 16.7 Å². The van der Waals surface area contributed by atoms with Crippen LogP contribution in [-0.4, -0.2) is 35.2 Å². The maximum atomic E-state index is 9.73. The van der Waals surface area contributed by atoms with E-state index in [1.165, 1.54) is 12.8 Å². The van der Waals surface area contributed by atoms with E-state index in [0.29, 0.717) is 18.5 Å². The van der Waals surface area contributed by atoms with Gasteiger partial charge in [-0.25, -0.2) is 0 Å². The van der Waals surface area contributed by atoms with E-state index in [9.17, 15) is 5.11 Å². The summed E-state index contributed by atoms with van der Waals surface area (Å²) in [6.45, 7) is 4.77. The van der Waals surface area contributed by atoms with Gasteiger partial charge in [-0.15, -0.1) is 0 Å². The van der Waals surface area contributed by atoms with Crippen LogP contribution in [0.25, 0.3) is 0 Å². The highest BCUT2D eigenvalue weighted by molar-refractivity contribution is 5.03. The largest absolute Gasteiger partial charge is 0.386 e. The highest BCUT2D eigenvalue weighted by atomic mass is 16.3. The lowest BCUT2D eigenvalue weighted by Crippen LogP contribution is -2.62.